The largest absolute Gasteiger partial charge is 0.349 e. The molecule has 1 heterocycles. The van der Waals surface area contributed by atoms with Gasteiger partial charge in [0.1, 0.15) is 5.82 Å². The van der Waals surface area contributed by atoms with Crippen LogP contribution in [0.2, 0.25) is 0 Å². The van der Waals surface area contributed by atoms with Crippen molar-refractivity contribution in [1.29, 1.82) is 0 Å². The van der Waals surface area contributed by atoms with E-state index in [0.717, 1.165) is 41.0 Å². The van der Waals surface area contributed by atoms with Gasteiger partial charge in [0.15, 0.2) is 0 Å². The monoisotopic (exact) mass is 500 g/mol. The minimum Gasteiger partial charge on any atom is -0.349 e. The SMILES string of the molecule is CC1CCCCC1NC(=O)c1ccc(C=C2Sc3ccccc3N(Cc3ccc(F)cc3)C2=O)cc1. The minimum atomic E-state index is -0.300. The molecule has 2 atom stereocenters. The summed E-state index contributed by atoms with van der Waals surface area (Å²) in [4.78, 5) is 29.6. The van der Waals surface area contributed by atoms with Crippen molar-refractivity contribution >= 4 is 35.3 Å². The molecule has 0 radical (unpaired) electrons. The smallest absolute Gasteiger partial charge is 0.265 e. The van der Waals surface area contributed by atoms with E-state index in [-0.39, 0.29) is 23.7 Å². The molecule has 2 amide bonds. The van der Waals surface area contributed by atoms with Crippen LogP contribution in [0.15, 0.2) is 82.6 Å². The van der Waals surface area contributed by atoms with Crippen molar-refractivity contribution in [3.8, 4) is 0 Å². The van der Waals surface area contributed by atoms with E-state index in [2.05, 4.69) is 12.2 Å². The first-order valence-electron chi connectivity index (χ1n) is 12.4. The van der Waals surface area contributed by atoms with Crippen LogP contribution in [0.1, 0.15) is 54.1 Å². The summed E-state index contributed by atoms with van der Waals surface area (Å²) in [6.45, 7) is 2.56. The molecule has 0 saturated heterocycles. The van der Waals surface area contributed by atoms with Gasteiger partial charge in [0.2, 0.25) is 0 Å². The van der Waals surface area contributed by atoms with E-state index in [0.29, 0.717) is 22.9 Å². The molecule has 184 valence electrons. The average molecular weight is 501 g/mol. The maximum atomic E-state index is 13.5. The Balaban J connectivity index is 1.35. The number of hydrogen-bond acceptors (Lipinski definition) is 3. The van der Waals surface area contributed by atoms with Gasteiger partial charge in [-0.05, 0) is 72.4 Å². The second kappa shape index (κ2) is 10.7. The van der Waals surface area contributed by atoms with Crippen LogP contribution in [0.5, 0.6) is 0 Å². The molecule has 1 fully saturated rings. The summed E-state index contributed by atoms with van der Waals surface area (Å²) in [5.41, 5.74) is 3.18. The summed E-state index contributed by atoms with van der Waals surface area (Å²) in [6.07, 6.45) is 6.45. The summed E-state index contributed by atoms with van der Waals surface area (Å²) in [6, 6.07) is 21.6. The zero-order valence-corrected chi connectivity index (χ0v) is 21.1. The highest BCUT2D eigenvalue weighted by Crippen LogP contribution is 2.42. The van der Waals surface area contributed by atoms with Gasteiger partial charge in [0.05, 0.1) is 17.1 Å². The first-order chi connectivity index (χ1) is 17.5. The van der Waals surface area contributed by atoms with Crippen molar-refractivity contribution in [3.63, 3.8) is 0 Å². The predicted octanol–water partition coefficient (Wildman–Crippen LogP) is 6.81. The molecule has 1 aliphatic carbocycles. The quantitative estimate of drug-likeness (QED) is 0.391. The molecule has 2 unspecified atom stereocenters. The second-order valence-corrected chi connectivity index (χ2v) is 10.6. The van der Waals surface area contributed by atoms with Crippen molar-refractivity contribution in [3.05, 3.63) is 100 Å². The number of nitrogens with one attached hydrogen (secondary N) is 1. The van der Waals surface area contributed by atoms with Crippen LogP contribution in [0, 0.1) is 11.7 Å². The first-order valence-corrected chi connectivity index (χ1v) is 13.3. The van der Waals surface area contributed by atoms with Gasteiger partial charge < -0.3 is 10.2 Å². The Morgan fingerprint density at radius 1 is 1.03 bits per heavy atom. The fraction of sp³-hybridized carbons (Fsp3) is 0.267. The number of fused-ring (bicyclic) bond motifs is 1. The molecule has 5 rings (SSSR count). The van der Waals surface area contributed by atoms with Crippen LogP contribution >= 0.6 is 11.8 Å². The van der Waals surface area contributed by atoms with E-state index in [1.807, 2.05) is 54.6 Å². The molecular formula is C30H29FN2O2S. The van der Waals surface area contributed by atoms with E-state index in [4.69, 9.17) is 0 Å². The molecule has 36 heavy (non-hydrogen) atoms. The summed E-state index contributed by atoms with van der Waals surface area (Å²) < 4.78 is 13.4. The summed E-state index contributed by atoms with van der Waals surface area (Å²) in [5.74, 6) is 0.0547. The summed E-state index contributed by atoms with van der Waals surface area (Å²) >= 11 is 1.44. The normalized spacial score (nSPS) is 20.8. The first kappa shape index (κ1) is 24.3. The van der Waals surface area contributed by atoms with Crippen molar-refractivity contribution in [1.82, 2.24) is 5.32 Å². The summed E-state index contributed by atoms with van der Waals surface area (Å²) in [5, 5.41) is 3.19. The third-order valence-electron chi connectivity index (χ3n) is 6.98. The number of nitrogens with zero attached hydrogens (tertiary/aromatic N) is 1. The Morgan fingerprint density at radius 3 is 2.50 bits per heavy atom. The molecular weight excluding hydrogens is 471 g/mol. The van der Waals surface area contributed by atoms with Gasteiger partial charge in [0.25, 0.3) is 11.8 Å². The van der Waals surface area contributed by atoms with Crippen LogP contribution in [0.4, 0.5) is 10.1 Å². The van der Waals surface area contributed by atoms with Gasteiger partial charge in [-0.25, -0.2) is 4.39 Å². The average Bonchev–Trinajstić information content (AvgIpc) is 2.89. The lowest BCUT2D eigenvalue weighted by atomic mass is 9.86. The van der Waals surface area contributed by atoms with Crippen molar-refractivity contribution in [2.75, 3.05) is 4.90 Å². The van der Waals surface area contributed by atoms with Gasteiger partial charge >= 0.3 is 0 Å². The number of thioether (sulfide) groups is 1. The van der Waals surface area contributed by atoms with Crippen molar-refractivity contribution < 1.29 is 14.0 Å². The third kappa shape index (κ3) is 5.39. The van der Waals surface area contributed by atoms with Crippen LogP contribution in [-0.4, -0.2) is 17.9 Å². The Hall–Kier alpha value is -3.38. The van der Waals surface area contributed by atoms with Crippen LogP contribution in [-0.2, 0) is 11.3 Å². The lowest BCUT2D eigenvalue weighted by Crippen LogP contribution is -2.41. The van der Waals surface area contributed by atoms with Crippen molar-refractivity contribution in [2.45, 2.75) is 50.1 Å². The number of hydrogen-bond donors (Lipinski definition) is 1. The molecule has 4 nitrogen and oxygen atoms in total. The number of carbonyl (C=O) groups excluding carboxylic acids is 2. The zero-order valence-electron chi connectivity index (χ0n) is 20.2. The number of para-hydroxylation sites is 1. The number of anilines is 1. The molecule has 0 bridgehead atoms. The lowest BCUT2D eigenvalue weighted by molar-refractivity contribution is -0.114. The van der Waals surface area contributed by atoms with Crippen LogP contribution in [0.25, 0.3) is 6.08 Å². The highest BCUT2D eigenvalue weighted by molar-refractivity contribution is 8.04. The number of rotatable bonds is 5. The van der Waals surface area contributed by atoms with Crippen LogP contribution < -0.4 is 10.2 Å². The number of amides is 2. The van der Waals surface area contributed by atoms with E-state index >= 15 is 0 Å². The molecule has 1 saturated carbocycles. The molecule has 0 spiro atoms. The topological polar surface area (TPSA) is 49.4 Å². The fourth-order valence-electron chi connectivity index (χ4n) is 4.86. The van der Waals surface area contributed by atoms with Gasteiger partial charge in [-0.15, -0.1) is 0 Å². The van der Waals surface area contributed by atoms with Crippen molar-refractivity contribution in [2.24, 2.45) is 5.92 Å². The number of benzene rings is 3. The maximum absolute atomic E-state index is 13.5. The van der Waals surface area contributed by atoms with Gasteiger partial charge in [-0.1, -0.05) is 67.9 Å². The molecule has 2 aliphatic rings. The molecule has 1 aliphatic heterocycles. The predicted molar refractivity (Wildman–Crippen MR) is 143 cm³/mol. The molecule has 6 heteroatoms. The third-order valence-corrected chi connectivity index (χ3v) is 8.06. The van der Waals surface area contributed by atoms with Gasteiger partial charge in [0, 0.05) is 16.5 Å². The van der Waals surface area contributed by atoms with E-state index < -0.39 is 0 Å². The Labute approximate surface area is 215 Å². The Kier molecular flexibility index (Phi) is 7.23. The zero-order chi connectivity index (χ0) is 25.1. The highest BCUT2D eigenvalue weighted by Gasteiger charge is 2.29. The molecule has 1 N–H and O–H groups in total. The van der Waals surface area contributed by atoms with E-state index in [9.17, 15) is 14.0 Å². The Bertz CT molecular complexity index is 1290. The Morgan fingerprint density at radius 2 is 1.75 bits per heavy atom. The fourth-order valence-corrected chi connectivity index (χ4v) is 5.91. The highest BCUT2D eigenvalue weighted by atomic mass is 32.2. The molecule has 3 aromatic carbocycles. The standard InChI is InChI=1S/C30H29FN2O2S/c1-20-6-2-3-7-25(20)32-29(34)23-14-10-21(11-15-23)18-28-30(35)33(19-22-12-16-24(31)17-13-22)26-8-4-5-9-27(26)36-28/h4-5,8-18,20,25H,2-3,6-7,19H2,1H3,(H,32,34). The molecule has 0 aromatic heterocycles. The lowest BCUT2D eigenvalue weighted by Gasteiger charge is -2.30. The second-order valence-electron chi connectivity index (χ2n) is 9.56. The summed E-state index contributed by atoms with van der Waals surface area (Å²) in [7, 11) is 0. The van der Waals surface area contributed by atoms with Gasteiger partial charge in [-0.3, -0.25) is 9.59 Å². The number of carbonyl (C=O) groups is 2. The van der Waals surface area contributed by atoms with Crippen LogP contribution in [0.3, 0.4) is 0 Å². The van der Waals surface area contributed by atoms with E-state index in [1.165, 1.54) is 30.3 Å². The maximum Gasteiger partial charge on any atom is 0.265 e. The number of halogens is 1. The van der Waals surface area contributed by atoms with E-state index in [1.54, 1.807) is 17.0 Å². The minimum absolute atomic E-state index is 0.0459. The molecule has 3 aromatic rings. The van der Waals surface area contributed by atoms with Gasteiger partial charge in [-0.2, -0.15) is 0 Å².